The van der Waals surface area contributed by atoms with Gasteiger partial charge in [-0.15, -0.1) is 0 Å². The van der Waals surface area contributed by atoms with Crippen molar-refractivity contribution in [1.29, 1.82) is 0 Å². The molecule has 29 heavy (non-hydrogen) atoms. The van der Waals surface area contributed by atoms with E-state index in [0.29, 0.717) is 34.2 Å². The van der Waals surface area contributed by atoms with Crippen molar-refractivity contribution in [1.82, 2.24) is 9.55 Å². The van der Waals surface area contributed by atoms with Crippen LogP contribution in [0, 0.1) is 13.8 Å². The number of halogens is 3. The molecule has 3 nitrogen and oxygen atoms in total. The number of aromatic nitrogens is 2. The number of alkyl halides is 3. The van der Waals surface area contributed by atoms with Crippen LogP contribution in [-0.2, 0) is 25.4 Å². The molecule has 0 saturated carbocycles. The number of benzene rings is 2. The highest BCUT2D eigenvalue weighted by Gasteiger charge is 2.30. The van der Waals surface area contributed by atoms with Gasteiger partial charge in [0.2, 0.25) is 0 Å². The third kappa shape index (κ3) is 5.09. The summed E-state index contributed by atoms with van der Waals surface area (Å²) in [5, 5.41) is 0.484. The molecule has 0 atom stereocenters. The molecule has 0 unspecified atom stereocenters. The van der Waals surface area contributed by atoms with E-state index in [1.54, 1.807) is 20.0 Å². The normalized spacial score (nSPS) is 11.7. The van der Waals surface area contributed by atoms with E-state index in [-0.39, 0.29) is 5.56 Å². The van der Waals surface area contributed by atoms with Gasteiger partial charge < -0.3 is 0 Å². The van der Waals surface area contributed by atoms with Crippen LogP contribution in [-0.4, -0.2) is 9.55 Å². The van der Waals surface area contributed by atoms with Gasteiger partial charge in [-0.05, 0) is 31.0 Å². The topological polar surface area (TPSA) is 34.9 Å². The fourth-order valence-corrected chi connectivity index (χ4v) is 4.03. The lowest BCUT2D eigenvalue weighted by Gasteiger charge is -2.13. The van der Waals surface area contributed by atoms with Gasteiger partial charge in [0, 0.05) is 30.5 Å². The largest absolute Gasteiger partial charge is 0.416 e. The summed E-state index contributed by atoms with van der Waals surface area (Å²) in [7, 11) is 1.64. The van der Waals surface area contributed by atoms with Crippen LogP contribution in [0.5, 0.6) is 0 Å². The van der Waals surface area contributed by atoms with Gasteiger partial charge >= 0.3 is 6.18 Å². The number of thioether (sulfide) groups is 1. The molecule has 0 radical (unpaired) electrons. The summed E-state index contributed by atoms with van der Waals surface area (Å²) in [4.78, 5) is 17.4. The van der Waals surface area contributed by atoms with Gasteiger partial charge in [-0.25, -0.2) is 4.98 Å². The van der Waals surface area contributed by atoms with Crippen molar-refractivity contribution in [3.05, 3.63) is 92.4 Å². The zero-order valence-corrected chi connectivity index (χ0v) is 17.2. The van der Waals surface area contributed by atoms with Crippen LogP contribution in [0.25, 0.3) is 0 Å². The quantitative estimate of drug-likeness (QED) is 0.417. The van der Waals surface area contributed by atoms with Crippen molar-refractivity contribution >= 4 is 11.8 Å². The molecule has 0 amide bonds. The Hall–Kier alpha value is -2.54. The number of rotatable bonds is 5. The van der Waals surface area contributed by atoms with E-state index in [1.807, 2.05) is 31.2 Å². The van der Waals surface area contributed by atoms with E-state index in [9.17, 15) is 18.0 Å². The van der Waals surface area contributed by atoms with Gasteiger partial charge in [0.1, 0.15) is 0 Å². The van der Waals surface area contributed by atoms with Gasteiger partial charge in [0.05, 0.1) is 5.56 Å². The lowest BCUT2D eigenvalue weighted by atomic mass is 10.0. The van der Waals surface area contributed by atoms with Gasteiger partial charge in [0.15, 0.2) is 5.16 Å². The summed E-state index contributed by atoms with van der Waals surface area (Å²) >= 11 is 1.25. The summed E-state index contributed by atoms with van der Waals surface area (Å²) in [5.41, 5.74) is 3.14. The molecule has 0 bridgehead atoms. The average molecular weight is 418 g/mol. The van der Waals surface area contributed by atoms with E-state index in [1.165, 1.54) is 22.4 Å². The summed E-state index contributed by atoms with van der Waals surface area (Å²) in [6.45, 7) is 3.79. The van der Waals surface area contributed by atoms with E-state index in [0.717, 1.165) is 23.3 Å². The van der Waals surface area contributed by atoms with Crippen LogP contribution < -0.4 is 5.56 Å². The molecule has 0 N–H and O–H groups in total. The molecule has 3 aromatic rings. The predicted octanol–water partition coefficient (Wildman–Crippen LogP) is 5.30. The molecular weight excluding hydrogens is 397 g/mol. The Bertz CT molecular complexity index is 1090. The predicted molar refractivity (Wildman–Crippen MR) is 109 cm³/mol. The van der Waals surface area contributed by atoms with Crippen LogP contribution >= 0.6 is 11.8 Å². The van der Waals surface area contributed by atoms with Crippen LogP contribution in [0.4, 0.5) is 13.2 Å². The first-order valence-corrected chi connectivity index (χ1v) is 10.0. The number of hydrogen-bond acceptors (Lipinski definition) is 3. The smallest absolute Gasteiger partial charge is 0.291 e. The molecule has 0 aliphatic heterocycles. The SMILES string of the molecule is Cc1cccc(Cc2c(C)nc(SCc3cccc(C(F)(F)F)c3)n(C)c2=O)c1. The fraction of sp³-hybridized carbons (Fsp3) is 0.273. The first-order chi connectivity index (χ1) is 13.6. The van der Waals surface area contributed by atoms with E-state index < -0.39 is 11.7 Å². The first-order valence-electron chi connectivity index (χ1n) is 9.06. The highest BCUT2D eigenvalue weighted by Crippen LogP contribution is 2.31. The van der Waals surface area contributed by atoms with Crippen molar-refractivity contribution in [2.75, 3.05) is 0 Å². The molecule has 2 aromatic carbocycles. The van der Waals surface area contributed by atoms with Crippen molar-refractivity contribution in [3.63, 3.8) is 0 Å². The van der Waals surface area contributed by atoms with E-state index in [4.69, 9.17) is 0 Å². The fourth-order valence-electron chi connectivity index (χ4n) is 3.07. The molecule has 0 aliphatic rings. The summed E-state index contributed by atoms with van der Waals surface area (Å²) in [5.74, 6) is 0.293. The van der Waals surface area contributed by atoms with Gasteiger partial charge in [0.25, 0.3) is 5.56 Å². The van der Waals surface area contributed by atoms with Crippen LogP contribution in [0.3, 0.4) is 0 Å². The minimum absolute atomic E-state index is 0.134. The minimum Gasteiger partial charge on any atom is -0.291 e. The van der Waals surface area contributed by atoms with Crippen molar-refractivity contribution in [2.24, 2.45) is 7.05 Å². The van der Waals surface area contributed by atoms with E-state index >= 15 is 0 Å². The minimum atomic E-state index is -4.38. The maximum absolute atomic E-state index is 12.9. The standard InChI is InChI=1S/C22H21F3N2OS/c1-14-6-4-7-16(10-14)12-19-15(2)26-21(27(3)20(19)28)29-13-17-8-5-9-18(11-17)22(23,24)25/h4-11H,12-13H2,1-3H3. The highest BCUT2D eigenvalue weighted by atomic mass is 32.2. The monoisotopic (exact) mass is 418 g/mol. The van der Waals surface area contributed by atoms with Gasteiger partial charge in [-0.1, -0.05) is 59.8 Å². The Balaban J connectivity index is 1.82. The Kier molecular flexibility index (Phi) is 6.17. The summed E-state index contributed by atoms with van der Waals surface area (Å²) < 4.78 is 40.1. The van der Waals surface area contributed by atoms with Crippen LogP contribution in [0.1, 0.15) is 33.5 Å². The lowest BCUT2D eigenvalue weighted by Crippen LogP contribution is -2.25. The third-order valence-electron chi connectivity index (χ3n) is 4.64. The van der Waals surface area contributed by atoms with E-state index in [2.05, 4.69) is 4.98 Å². The Morgan fingerprint density at radius 3 is 2.41 bits per heavy atom. The second-order valence-corrected chi connectivity index (χ2v) is 7.92. The molecule has 7 heteroatoms. The number of hydrogen-bond donors (Lipinski definition) is 0. The second-order valence-electron chi connectivity index (χ2n) is 6.98. The third-order valence-corrected chi connectivity index (χ3v) is 5.74. The Morgan fingerprint density at radius 1 is 1.03 bits per heavy atom. The maximum Gasteiger partial charge on any atom is 0.416 e. The van der Waals surface area contributed by atoms with Gasteiger partial charge in [-0.3, -0.25) is 9.36 Å². The molecule has 1 heterocycles. The summed E-state index contributed by atoms with van der Waals surface area (Å²) in [6, 6.07) is 13.2. The summed E-state index contributed by atoms with van der Waals surface area (Å²) in [6.07, 6.45) is -3.88. The Labute approximate surface area is 171 Å². The molecule has 0 spiro atoms. The maximum atomic E-state index is 12.9. The highest BCUT2D eigenvalue weighted by molar-refractivity contribution is 7.98. The zero-order valence-electron chi connectivity index (χ0n) is 16.4. The van der Waals surface area contributed by atoms with Crippen LogP contribution in [0.15, 0.2) is 58.5 Å². The Morgan fingerprint density at radius 2 is 1.72 bits per heavy atom. The van der Waals surface area contributed by atoms with Crippen LogP contribution in [0.2, 0.25) is 0 Å². The molecule has 0 saturated heterocycles. The molecule has 0 fully saturated rings. The van der Waals surface area contributed by atoms with Crippen molar-refractivity contribution < 1.29 is 13.2 Å². The molecule has 152 valence electrons. The van der Waals surface area contributed by atoms with Crippen molar-refractivity contribution in [2.45, 2.75) is 37.4 Å². The molecule has 1 aromatic heterocycles. The molecular formula is C22H21F3N2OS. The van der Waals surface area contributed by atoms with Crippen molar-refractivity contribution in [3.8, 4) is 0 Å². The average Bonchev–Trinajstić information content (AvgIpc) is 2.66. The lowest BCUT2D eigenvalue weighted by molar-refractivity contribution is -0.137. The van der Waals surface area contributed by atoms with Gasteiger partial charge in [-0.2, -0.15) is 13.2 Å². The first kappa shape index (κ1) is 21.2. The molecule has 0 aliphatic carbocycles. The second kappa shape index (κ2) is 8.45. The zero-order chi connectivity index (χ0) is 21.2. The number of nitrogens with zero attached hydrogens (tertiary/aromatic N) is 2. The molecule has 3 rings (SSSR count). The number of aryl methyl sites for hydroxylation is 2.